The third kappa shape index (κ3) is 9.02. The molecule has 0 aliphatic rings. The van der Waals surface area contributed by atoms with Crippen LogP contribution in [0.15, 0.2) is 83.8 Å². The van der Waals surface area contributed by atoms with E-state index in [0.717, 1.165) is 16.7 Å². The van der Waals surface area contributed by atoms with Crippen LogP contribution >= 0.6 is 0 Å². The van der Waals surface area contributed by atoms with Gasteiger partial charge in [-0.1, -0.05) is 60.2 Å². The Bertz CT molecular complexity index is 1220. The van der Waals surface area contributed by atoms with E-state index in [-0.39, 0.29) is 23.3 Å². The smallest absolute Gasteiger partial charge is 0.407 e. The van der Waals surface area contributed by atoms with E-state index in [1.165, 1.54) is 12.1 Å². The predicted octanol–water partition coefficient (Wildman–Crippen LogP) is 5.42. The first-order chi connectivity index (χ1) is 17.0. The van der Waals surface area contributed by atoms with Gasteiger partial charge in [0.25, 0.3) is 0 Å². The largest absolute Gasteiger partial charge is 0.444 e. The average molecular weight is 512 g/mol. The van der Waals surface area contributed by atoms with Gasteiger partial charge in [-0.2, -0.15) is 8.42 Å². The number of nitrogens with one attached hydrogen (secondary N) is 1. The van der Waals surface area contributed by atoms with Crippen LogP contribution in [0.3, 0.4) is 0 Å². The van der Waals surface area contributed by atoms with Gasteiger partial charge in [-0.3, -0.25) is 0 Å². The Kier molecular flexibility index (Phi) is 9.12. The van der Waals surface area contributed by atoms with Crippen LogP contribution in [-0.4, -0.2) is 32.8 Å². The van der Waals surface area contributed by atoms with Crippen molar-refractivity contribution in [2.24, 2.45) is 0 Å². The van der Waals surface area contributed by atoms with Gasteiger partial charge in [0.2, 0.25) is 0 Å². The van der Waals surface area contributed by atoms with E-state index >= 15 is 0 Å². The summed E-state index contributed by atoms with van der Waals surface area (Å²) < 4.78 is 41.6. The molecule has 7 nitrogen and oxygen atoms in total. The highest BCUT2D eigenvalue weighted by Gasteiger charge is 2.21. The molecule has 3 rings (SSSR count). The minimum absolute atomic E-state index is 0.0920. The number of hydrogen-bond acceptors (Lipinski definition) is 6. The maximum Gasteiger partial charge on any atom is 0.407 e. The molecule has 0 radical (unpaired) electrons. The normalized spacial score (nSPS) is 12.6. The summed E-state index contributed by atoms with van der Waals surface area (Å²) in [6, 6.07) is 22.6. The molecule has 0 spiro atoms. The lowest BCUT2D eigenvalue weighted by Gasteiger charge is -2.24. The fraction of sp³-hybridized carbons (Fsp3) is 0.321. The molecule has 0 aliphatic heterocycles. The topological polar surface area (TPSA) is 90.9 Å². The van der Waals surface area contributed by atoms with Gasteiger partial charge in [0.1, 0.15) is 16.2 Å². The number of amides is 1. The highest BCUT2D eigenvalue weighted by molar-refractivity contribution is 7.87. The molecule has 1 amide bonds. The molecule has 0 heterocycles. The van der Waals surface area contributed by atoms with Crippen LogP contribution < -0.4 is 9.50 Å². The molecule has 0 saturated heterocycles. The fourth-order valence-electron chi connectivity index (χ4n) is 3.36. The number of alkyl carbamates (subject to hydrolysis) is 1. The Morgan fingerprint density at radius 3 is 2.14 bits per heavy atom. The molecule has 1 N–H and O–H groups in total. The number of aryl methyl sites for hydroxylation is 1. The van der Waals surface area contributed by atoms with Crippen LogP contribution in [0.25, 0.3) is 0 Å². The highest BCUT2D eigenvalue weighted by atomic mass is 32.2. The van der Waals surface area contributed by atoms with Gasteiger partial charge in [-0.15, -0.1) is 0 Å². The van der Waals surface area contributed by atoms with Crippen LogP contribution in [0.5, 0.6) is 5.75 Å². The number of ether oxygens (including phenoxy) is 2. The lowest BCUT2D eigenvalue weighted by atomic mass is 10.1. The summed E-state index contributed by atoms with van der Waals surface area (Å²) in [7, 11) is -3.93. The maximum atomic E-state index is 12.5. The van der Waals surface area contributed by atoms with Gasteiger partial charge < -0.3 is 19.0 Å². The first-order valence-electron chi connectivity index (χ1n) is 11.7. The summed E-state index contributed by atoms with van der Waals surface area (Å²) in [4.78, 5) is 12.5. The number of rotatable bonds is 10. The van der Waals surface area contributed by atoms with Crippen molar-refractivity contribution in [3.05, 3.63) is 95.6 Å². The third-order valence-electron chi connectivity index (χ3n) is 5.07. The van der Waals surface area contributed by atoms with Gasteiger partial charge in [0, 0.05) is 0 Å². The van der Waals surface area contributed by atoms with E-state index in [9.17, 15) is 13.2 Å². The van der Waals surface area contributed by atoms with Gasteiger partial charge in [0.15, 0.2) is 0 Å². The molecule has 1 unspecified atom stereocenters. The van der Waals surface area contributed by atoms with Crippen LogP contribution in [0.1, 0.15) is 37.5 Å². The van der Waals surface area contributed by atoms with E-state index in [2.05, 4.69) is 5.32 Å². The van der Waals surface area contributed by atoms with Gasteiger partial charge in [-0.05, 0) is 69.5 Å². The second-order valence-corrected chi connectivity index (χ2v) is 11.1. The molecular formula is C28H33NO6S. The lowest BCUT2D eigenvalue weighted by molar-refractivity contribution is 0.0429. The Morgan fingerprint density at radius 2 is 1.53 bits per heavy atom. The summed E-state index contributed by atoms with van der Waals surface area (Å²) >= 11 is 0. The quantitative estimate of drug-likeness (QED) is 0.366. The summed E-state index contributed by atoms with van der Waals surface area (Å²) in [5.41, 5.74) is 2.24. The Balaban J connectivity index is 1.64. The molecule has 192 valence electrons. The minimum Gasteiger partial charge on any atom is -0.444 e. The SMILES string of the molecule is Cc1ccc(S(=O)(=O)Oc2ccc(CC(COCc3ccccc3)NC(=O)OC(C)(C)C)cc2)cc1. The van der Waals surface area contributed by atoms with Crippen molar-refractivity contribution in [1.29, 1.82) is 0 Å². The predicted molar refractivity (Wildman–Crippen MR) is 138 cm³/mol. The fourth-order valence-corrected chi connectivity index (χ4v) is 4.29. The average Bonchev–Trinajstić information content (AvgIpc) is 2.80. The van der Waals surface area contributed by atoms with Gasteiger partial charge in [0.05, 0.1) is 19.3 Å². The van der Waals surface area contributed by atoms with Crippen molar-refractivity contribution in [2.75, 3.05) is 6.61 Å². The summed E-state index contributed by atoms with van der Waals surface area (Å²) in [5.74, 6) is 0.205. The monoisotopic (exact) mass is 511 g/mol. The number of hydrogen-bond donors (Lipinski definition) is 1. The van der Waals surface area contributed by atoms with E-state index < -0.39 is 21.8 Å². The highest BCUT2D eigenvalue weighted by Crippen LogP contribution is 2.20. The summed E-state index contributed by atoms with van der Waals surface area (Å²) in [6.07, 6.45) is -0.0705. The second-order valence-electron chi connectivity index (χ2n) is 9.54. The first-order valence-corrected chi connectivity index (χ1v) is 13.1. The summed E-state index contributed by atoms with van der Waals surface area (Å²) in [6.45, 7) is 7.98. The van der Waals surface area contributed by atoms with Crippen molar-refractivity contribution < 1.29 is 26.9 Å². The molecule has 36 heavy (non-hydrogen) atoms. The second kappa shape index (κ2) is 12.1. The zero-order valence-corrected chi connectivity index (χ0v) is 21.9. The molecule has 3 aromatic rings. The van der Waals surface area contributed by atoms with E-state index in [4.69, 9.17) is 13.7 Å². The zero-order valence-electron chi connectivity index (χ0n) is 21.1. The standard InChI is InChI=1S/C28H33NO6S/c1-21-10-16-26(17-11-21)36(31,32)35-25-14-12-22(13-15-25)18-24(29-27(30)34-28(2,3)4)20-33-19-23-8-6-5-7-9-23/h5-17,24H,18-20H2,1-4H3,(H,29,30). The van der Waals surface area contributed by atoms with Gasteiger partial charge >= 0.3 is 16.2 Å². The molecule has 1 atom stereocenters. The zero-order chi connectivity index (χ0) is 26.2. The number of carbonyl (C=O) groups is 1. The lowest BCUT2D eigenvalue weighted by Crippen LogP contribution is -2.42. The van der Waals surface area contributed by atoms with Crippen molar-refractivity contribution in [3.63, 3.8) is 0 Å². The van der Waals surface area contributed by atoms with Crippen molar-refractivity contribution >= 4 is 16.2 Å². The Hall–Kier alpha value is -3.36. The van der Waals surface area contributed by atoms with Crippen LogP contribution in [0, 0.1) is 6.92 Å². The molecule has 0 saturated carbocycles. The van der Waals surface area contributed by atoms with Gasteiger partial charge in [-0.25, -0.2) is 4.79 Å². The van der Waals surface area contributed by atoms with Crippen molar-refractivity contribution in [3.8, 4) is 5.75 Å². The third-order valence-corrected chi connectivity index (χ3v) is 6.33. The van der Waals surface area contributed by atoms with Crippen molar-refractivity contribution in [1.82, 2.24) is 5.32 Å². The molecule has 8 heteroatoms. The Labute approximate surface area is 213 Å². The molecule has 0 aromatic heterocycles. The first kappa shape index (κ1) is 27.2. The van der Waals surface area contributed by atoms with E-state index in [1.807, 2.05) is 37.3 Å². The van der Waals surface area contributed by atoms with Crippen LogP contribution in [0.4, 0.5) is 4.79 Å². The van der Waals surface area contributed by atoms with E-state index in [1.54, 1.807) is 57.2 Å². The minimum atomic E-state index is -3.93. The molecule has 3 aromatic carbocycles. The van der Waals surface area contributed by atoms with Crippen molar-refractivity contribution in [2.45, 2.75) is 57.3 Å². The van der Waals surface area contributed by atoms with E-state index in [0.29, 0.717) is 13.0 Å². The summed E-state index contributed by atoms with van der Waals surface area (Å²) in [5, 5.41) is 2.87. The van der Waals surface area contributed by atoms with Crippen LogP contribution in [0.2, 0.25) is 0 Å². The molecular weight excluding hydrogens is 478 g/mol. The number of carbonyl (C=O) groups excluding carboxylic acids is 1. The molecule has 0 bridgehead atoms. The number of benzene rings is 3. The molecule has 0 aliphatic carbocycles. The molecule has 0 fully saturated rings. The Morgan fingerprint density at radius 1 is 0.889 bits per heavy atom. The maximum absolute atomic E-state index is 12.5. The van der Waals surface area contributed by atoms with Crippen LogP contribution in [-0.2, 0) is 32.6 Å².